The Morgan fingerprint density at radius 3 is 3.00 bits per heavy atom. The second-order valence-electron chi connectivity index (χ2n) is 3.80. The molecule has 0 atom stereocenters. The molecule has 1 aliphatic heterocycles. The molecule has 1 aromatic carbocycles. The van der Waals surface area contributed by atoms with Crippen molar-refractivity contribution in [3.8, 4) is 0 Å². The summed E-state index contributed by atoms with van der Waals surface area (Å²) in [6.45, 7) is 2.22. The van der Waals surface area contributed by atoms with Crippen molar-refractivity contribution in [2.45, 2.75) is 6.54 Å². The van der Waals surface area contributed by atoms with Crippen molar-refractivity contribution in [1.29, 1.82) is 0 Å². The number of nitrogens with zero attached hydrogens (tertiary/aromatic N) is 1. The minimum Gasteiger partial charge on any atom is -0.354 e. The second-order valence-corrected chi connectivity index (χ2v) is 4.71. The maximum absolute atomic E-state index is 13.5. The van der Waals surface area contributed by atoms with E-state index in [0.29, 0.717) is 25.2 Å². The molecule has 1 saturated heterocycles. The number of halogens is 2. The van der Waals surface area contributed by atoms with E-state index < -0.39 is 0 Å². The van der Waals surface area contributed by atoms with Crippen molar-refractivity contribution < 1.29 is 9.18 Å². The fourth-order valence-corrected chi connectivity index (χ4v) is 2.05. The molecular formula is C11H12BrFN2O. The van der Waals surface area contributed by atoms with Gasteiger partial charge in [0.1, 0.15) is 5.82 Å². The summed E-state index contributed by atoms with van der Waals surface area (Å²) in [6, 6.07) is 4.99. The molecule has 0 unspecified atom stereocenters. The van der Waals surface area contributed by atoms with Crippen LogP contribution in [-0.2, 0) is 11.3 Å². The zero-order valence-corrected chi connectivity index (χ0v) is 10.3. The van der Waals surface area contributed by atoms with E-state index in [1.165, 1.54) is 6.07 Å². The van der Waals surface area contributed by atoms with Gasteiger partial charge >= 0.3 is 0 Å². The largest absolute Gasteiger partial charge is 0.354 e. The zero-order valence-electron chi connectivity index (χ0n) is 8.67. The molecule has 0 aromatic heterocycles. The molecule has 0 radical (unpaired) electrons. The van der Waals surface area contributed by atoms with E-state index in [9.17, 15) is 9.18 Å². The van der Waals surface area contributed by atoms with E-state index in [0.717, 1.165) is 11.0 Å². The summed E-state index contributed by atoms with van der Waals surface area (Å²) in [5.74, 6) is -0.232. The maximum Gasteiger partial charge on any atom is 0.234 e. The monoisotopic (exact) mass is 286 g/mol. The van der Waals surface area contributed by atoms with Crippen LogP contribution in [0.25, 0.3) is 0 Å². The van der Waals surface area contributed by atoms with Crippen molar-refractivity contribution in [2.24, 2.45) is 0 Å². The number of hydrogen-bond acceptors (Lipinski definition) is 2. The fourth-order valence-electron chi connectivity index (χ4n) is 1.72. The first-order valence-corrected chi connectivity index (χ1v) is 5.87. The van der Waals surface area contributed by atoms with Gasteiger partial charge in [0.25, 0.3) is 0 Å². The van der Waals surface area contributed by atoms with E-state index in [2.05, 4.69) is 21.2 Å². The molecule has 86 valence electrons. The van der Waals surface area contributed by atoms with E-state index in [1.807, 2.05) is 11.0 Å². The van der Waals surface area contributed by atoms with Gasteiger partial charge in [0.05, 0.1) is 6.54 Å². The summed E-state index contributed by atoms with van der Waals surface area (Å²) in [5.41, 5.74) is 0.623. The molecular weight excluding hydrogens is 275 g/mol. The van der Waals surface area contributed by atoms with Crippen LogP contribution < -0.4 is 5.32 Å². The summed E-state index contributed by atoms with van der Waals surface area (Å²) in [7, 11) is 0. The predicted molar refractivity (Wildman–Crippen MR) is 62.4 cm³/mol. The lowest BCUT2D eigenvalue weighted by molar-refractivity contribution is -0.124. The van der Waals surface area contributed by atoms with Crippen molar-refractivity contribution in [1.82, 2.24) is 10.2 Å². The Labute approximate surface area is 102 Å². The van der Waals surface area contributed by atoms with Crippen LogP contribution >= 0.6 is 15.9 Å². The van der Waals surface area contributed by atoms with E-state index in [-0.39, 0.29) is 11.7 Å². The fraction of sp³-hybridized carbons (Fsp3) is 0.364. The summed E-state index contributed by atoms with van der Waals surface area (Å²) in [6.07, 6.45) is 0. The molecule has 1 aromatic rings. The van der Waals surface area contributed by atoms with Gasteiger partial charge in [0.2, 0.25) is 5.91 Å². The third-order valence-corrected chi connectivity index (χ3v) is 3.02. The van der Waals surface area contributed by atoms with Gasteiger partial charge in [-0.2, -0.15) is 0 Å². The molecule has 1 fully saturated rings. The molecule has 2 rings (SSSR count). The lowest BCUT2D eigenvalue weighted by Gasteiger charge is -2.26. The Balaban J connectivity index is 2.05. The lowest BCUT2D eigenvalue weighted by atomic mass is 10.2. The quantitative estimate of drug-likeness (QED) is 0.894. The van der Waals surface area contributed by atoms with E-state index >= 15 is 0 Å². The van der Waals surface area contributed by atoms with Crippen LogP contribution in [0, 0.1) is 5.82 Å². The van der Waals surface area contributed by atoms with Crippen LogP contribution in [0.15, 0.2) is 22.7 Å². The van der Waals surface area contributed by atoms with E-state index in [1.54, 1.807) is 6.07 Å². The molecule has 0 bridgehead atoms. The van der Waals surface area contributed by atoms with Crippen LogP contribution in [0.2, 0.25) is 0 Å². The summed E-state index contributed by atoms with van der Waals surface area (Å²) < 4.78 is 14.3. The molecule has 16 heavy (non-hydrogen) atoms. The Hall–Kier alpha value is -0.940. The number of carbonyl (C=O) groups is 1. The maximum atomic E-state index is 13.5. The van der Waals surface area contributed by atoms with Gasteiger partial charge in [-0.3, -0.25) is 9.69 Å². The highest BCUT2D eigenvalue weighted by molar-refractivity contribution is 9.10. The van der Waals surface area contributed by atoms with Gasteiger partial charge < -0.3 is 5.32 Å². The molecule has 1 N–H and O–H groups in total. The molecule has 0 spiro atoms. The normalized spacial score (nSPS) is 17.2. The topological polar surface area (TPSA) is 32.3 Å². The van der Waals surface area contributed by atoms with Crippen molar-refractivity contribution >= 4 is 21.8 Å². The minimum absolute atomic E-state index is 0.00349. The van der Waals surface area contributed by atoms with Gasteiger partial charge in [-0.15, -0.1) is 0 Å². The first-order chi connectivity index (χ1) is 7.65. The van der Waals surface area contributed by atoms with E-state index in [4.69, 9.17) is 0 Å². The number of carbonyl (C=O) groups excluding carboxylic acids is 1. The third-order valence-electron chi connectivity index (χ3n) is 2.53. The van der Waals surface area contributed by atoms with Gasteiger partial charge in [-0.25, -0.2) is 4.39 Å². The first-order valence-electron chi connectivity index (χ1n) is 5.08. The Morgan fingerprint density at radius 1 is 1.50 bits per heavy atom. The molecule has 0 saturated carbocycles. The molecule has 3 nitrogen and oxygen atoms in total. The smallest absolute Gasteiger partial charge is 0.234 e. The number of benzene rings is 1. The molecule has 1 amide bonds. The second kappa shape index (κ2) is 4.93. The van der Waals surface area contributed by atoms with Crippen molar-refractivity contribution in [3.05, 3.63) is 34.1 Å². The Kier molecular flexibility index (Phi) is 3.56. The average molecular weight is 287 g/mol. The number of nitrogens with one attached hydrogen (secondary N) is 1. The van der Waals surface area contributed by atoms with Crippen molar-refractivity contribution in [3.63, 3.8) is 0 Å². The van der Waals surface area contributed by atoms with Crippen LogP contribution in [0.5, 0.6) is 0 Å². The number of piperazine rings is 1. The highest BCUT2D eigenvalue weighted by atomic mass is 79.9. The summed E-state index contributed by atoms with van der Waals surface area (Å²) >= 11 is 3.21. The summed E-state index contributed by atoms with van der Waals surface area (Å²) in [4.78, 5) is 13.1. The molecule has 5 heteroatoms. The predicted octanol–water partition coefficient (Wildman–Crippen LogP) is 1.52. The van der Waals surface area contributed by atoms with Gasteiger partial charge in [0, 0.05) is 29.7 Å². The number of rotatable bonds is 2. The summed E-state index contributed by atoms with van der Waals surface area (Å²) in [5, 5.41) is 2.74. The Bertz CT molecular complexity index is 411. The standard InChI is InChI=1S/C11H12BrFN2O/c12-9-2-1-8(10(13)5-9)6-15-4-3-14-11(16)7-15/h1-2,5H,3-4,6-7H2,(H,14,16). The molecule has 1 aliphatic rings. The van der Waals surface area contributed by atoms with Crippen LogP contribution in [0.4, 0.5) is 4.39 Å². The van der Waals surface area contributed by atoms with Gasteiger partial charge in [-0.05, 0) is 12.1 Å². The number of amides is 1. The lowest BCUT2D eigenvalue weighted by Crippen LogP contribution is -2.47. The third kappa shape index (κ3) is 2.80. The first kappa shape index (κ1) is 11.5. The number of hydrogen-bond donors (Lipinski definition) is 1. The zero-order chi connectivity index (χ0) is 11.5. The minimum atomic E-state index is -0.236. The van der Waals surface area contributed by atoms with Crippen LogP contribution in [-0.4, -0.2) is 30.4 Å². The Morgan fingerprint density at radius 2 is 2.31 bits per heavy atom. The highest BCUT2D eigenvalue weighted by Crippen LogP contribution is 2.16. The molecule has 0 aliphatic carbocycles. The molecule has 1 heterocycles. The van der Waals surface area contributed by atoms with Gasteiger partial charge in [0.15, 0.2) is 0 Å². The van der Waals surface area contributed by atoms with Crippen molar-refractivity contribution in [2.75, 3.05) is 19.6 Å². The SMILES string of the molecule is O=C1CN(Cc2ccc(Br)cc2F)CCN1. The highest BCUT2D eigenvalue weighted by Gasteiger charge is 2.17. The van der Waals surface area contributed by atoms with Crippen LogP contribution in [0.3, 0.4) is 0 Å². The van der Waals surface area contributed by atoms with Crippen LogP contribution in [0.1, 0.15) is 5.56 Å². The average Bonchev–Trinajstić information content (AvgIpc) is 2.22. The van der Waals surface area contributed by atoms with Gasteiger partial charge in [-0.1, -0.05) is 22.0 Å².